The maximum absolute atomic E-state index is 5.56. The van der Waals surface area contributed by atoms with Crippen molar-refractivity contribution in [3.63, 3.8) is 0 Å². The summed E-state index contributed by atoms with van der Waals surface area (Å²) in [6, 6.07) is 10.2. The van der Waals surface area contributed by atoms with Crippen molar-refractivity contribution < 1.29 is 4.74 Å². The molecular weight excluding hydrogens is 250 g/mol. The monoisotopic (exact) mass is 271 g/mol. The Morgan fingerprint density at radius 2 is 2.20 bits per heavy atom. The van der Waals surface area contributed by atoms with Crippen molar-refractivity contribution >= 4 is 0 Å². The number of benzene rings is 1. The molecule has 1 atom stereocenters. The minimum Gasteiger partial charge on any atom is -0.380 e. The van der Waals surface area contributed by atoms with E-state index in [0.29, 0.717) is 0 Å². The average molecular weight is 271 g/mol. The van der Waals surface area contributed by atoms with Crippen LogP contribution < -0.4 is 5.32 Å². The van der Waals surface area contributed by atoms with Gasteiger partial charge in [0.25, 0.3) is 0 Å². The van der Waals surface area contributed by atoms with Crippen molar-refractivity contribution in [1.29, 1.82) is 0 Å². The molecule has 1 N–H and O–H groups in total. The lowest BCUT2D eigenvalue weighted by molar-refractivity contribution is 0.0278. The molecule has 1 aromatic carbocycles. The van der Waals surface area contributed by atoms with E-state index in [0.717, 1.165) is 31.9 Å². The van der Waals surface area contributed by atoms with Crippen molar-refractivity contribution in [3.8, 4) is 5.69 Å². The fourth-order valence-corrected chi connectivity index (χ4v) is 2.56. The van der Waals surface area contributed by atoms with Gasteiger partial charge in [-0.2, -0.15) is 5.10 Å². The maximum Gasteiger partial charge on any atom is 0.0645 e. The second kappa shape index (κ2) is 5.77. The zero-order valence-electron chi connectivity index (χ0n) is 11.9. The smallest absolute Gasteiger partial charge is 0.0645 e. The average Bonchev–Trinajstić information content (AvgIpc) is 2.96. The fourth-order valence-electron chi connectivity index (χ4n) is 2.56. The van der Waals surface area contributed by atoms with Crippen LogP contribution in [0.15, 0.2) is 42.7 Å². The van der Waals surface area contributed by atoms with Crippen LogP contribution in [0.4, 0.5) is 0 Å². The van der Waals surface area contributed by atoms with Crippen LogP contribution in [0.1, 0.15) is 25.3 Å². The van der Waals surface area contributed by atoms with E-state index < -0.39 is 0 Å². The Labute approximate surface area is 119 Å². The van der Waals surface area contributed by atoms with Gasteiger partial charge in [0.2, 0.25) is 0 Å². The summed E-state index contributed by atoms with van der Waals surface area (Å²) >= 11 is 0. The molecule has 2 heterocycles. The number of ether oxygens (including phenoxy) is 1. The number of rotatable bonds is 4. The largest absolute Gasteiger partial charge is 0.380 e. The van der Waals surface area contributed by atoms with Crippen molar-refractivity contribution in [2.75, 3.05) is 13.2 Å². The molecule has 4 heteroatoms. The van der Waals surface area contributed by atoms with E-state index in [-0.39, 0.29) is 5.54 Å². The molecular formula is C16H21N3O. The highest BCUT2D eigenvalue weighted by Gasteiger charge is 2.26. The summed E-state index contributed by atoms with van der Waals surface area (Å²) in [6.07, 6.45) is 6.30. The van der Waals surface area contributed by atoms with Gasteiger partial charge < -0.3 is 10.1 Å². The van der Waals surface area contributed by atoms with Crippen LogP contribution in [-0.4, -0.2) is 28.5 Å². The van der Waals surface area contributed by atoms with Crippen LogP contribution in [0.3, 0.4) is 0 Å². The Kier molecular flexibility index (Phi) is 3.85. The Balaban J connectivity index is 1.63. The summed E-state index contributed by atoms with van der Waals surface area (Å²) in [4.78, 5) is 0. The lowest BCUT2D eigenvalue weighted by Gasteiger charge is -2.34. The van der Waals surface area contributed by atoms with Crippen molar-refractivity contribution in [2.45, 2.75) is 31.8 Å². The molecule has 0 spiro atoms. The first-order valence-electron chi connectivity index (χ1n) is 7.17. The van der Waals surface area contributed by atoms with Gasteiger partial charge in [-0.1, -0.05) is 18.2 Å². The summed E-state index contributed by atoms with van der Waals surface area (Å²) in [7, 11) is 0. The first-order valence-corrected chi connectivity index (χ1v) is 7.17. The minimum atomic E-state index is 0.0904. The highest BCUT2D eigenvalue weighted by atomic mass is 16.5. The number of para-hydroxylation sites is 1. The molecule has 0 saturated carbocycles. The van der Waals surface area contributed by atoms with Crippen LogP contribution in [0.25, 0.3) is 5.69 Å². The predicted octanol–water partition coefficient (Wildman–Crippen LogP) is 2.53. The number of nitrogens with one attached hydrogen (secondary N) is 1. The quantitative estimate of drug-likeness (QED) is 0.928. The van der Waals surface area contributed by atoms with Gasteiger partial charge in [0.1, 0.15) is 0 Å². The summed E-state index contributed by atoms with van der Waals surface area (Å²) < 4.78 is 7.48. The van der Waals surface area contributed by atoms with E-state index in [1.165, 1.54) is 12.0 Å². The molecule has 1 saturated heterocycles. The van der Waals surface area contributed by atoms with Gasteiger partial charge in [-0.25, -0.2) is 4.68 Å². The zero-order valence-corrected chi connectivity index (χ0v) is 11.9. The van der Waals surface area contributed by atoms with Gasteiger partial charge in [0.15, 0.2) is 0 Å². The van der Waals surface area contributed by atoms with E-state index in [1.807, 2.05) is 29.1 Å². The van der Waals surface area contributed by atoms with Crippen molar-refractivity contribution in [2.24, 2.45) is 0 Å². The van der Waals surface area contributed by atoms with E-state index in [9.17, 15) is 0 Å². The molecule has 106 valence electrons. The Morgan fingerprint density at radius 1 is 1.35 bits per heavy atom. The van der Waals surface area contributed by atoms with Gasteiger partial charge in [-0.05, 0) is 31.9 Å². The first kappa shape index (κ1) is 13.3. The van der Waals surface area contributed by atoms with Gasteiger partial charge in [-0.3, -0.25) is 0 Å². The second-order valence-electron chi connectivity index (χ2n) is 5.70. The van der Waals surface area contributed by atoms with Crippen LogP contribution in [-0.2, 0) is 11.3 Å². The molecule has 1 fully saturated rings. The van der Waals surface area contributed by atoms with Gasteiger partial charge in [0, 0.05) is 30.5 Å². The van der Waals surface area contributed by atoms with E-state index >= 15 is 0 Å². The summed E-state index contributed by atoms with van der Waals surface area (Å²) in [5.74, 6) is 0. The molecule has 0 radical (unpaired) electrons. The molecule has 4 nitrogen and oxygen atoms in total. The number of nitrogens with zero attached hydrogens (tertiary/aromatic N) is 2. The number of hydrogen-bond donors (Lipinski definition) is 1. The predicted molar refractivity (Wildman–Crippen MR) is 78.9 cm³/mol. The van der Waals surface area contributed by atoms with Crippen LogP contribution in [0, 0.1) is 0 Å². The third-order valence-corrected chi connectivity index (χ3v) is 3.81. The SMILES string of the molecule is CC1(NCc2cnn(-c3ccccc3)c2)CCCOC1. The van der Waals surface area contributed by atoms with Crippen LogP contribution >= 0.6 is 0 Å². The molecule has 0 aliphatic carbocycles. The standard InChI is InChI=1S/C16H21N3O/c1-16(8-5-9-20-13-16)17-10-14-11-18-19(12-14)15-6-3-2-4-7-15/h2-4,6-7,11-12,17H,5,8-10,13H2,1H3. The van der Waals surface area contributed by atoms with E-state index in [4.69, 9.17) is 4.74 Å². The highest BCUT2D eigenvalue weighted by Crippen LogP contribution is 2.19. The Hall–Kier alpha value is -1.65. The van der Waals surface area contributed by atoms with Gasteiger partial charge >= 0.3 is 0 Å². The molecule has 1 aliphatic rings. The lowest BCUT2D eigenvalue weighted by Crippen LogP contribution is -2.48. The molecule has 20 heavy (non-hydrogen) atoms. The van der Waals surface area contributed by atoms with E-state index in [2.05, 4.69) is 35.7 Å². The summed E-state index contributed by atoms with van der Waals surface area (Å²) in [5, 5.41) is 8.02. The Bertz CT molecular complexity index is 544. The van der Waals surface area contributed by atoms with E-state index in [1.54, 1.807) is 0 Å². The third-order valence-electron chi connectivity index (χ3n) is 3.81. The Morgan fingerprint density at radius 3 is 2.95 bits per heavy atom. The van der Waals surface area contributed by atoms with Gasteiger partial charge in [0.05, 0.1) is 18.5 Å². The normalized spacial score (nSPS) is 22.9. The van der Waals surface area contributed by atoms with Crippen LogP contribution in [0.5, 0.6) is 0 Å². The summed E-state index contributed by atoms with van der Waals surface area (Å²) in [6.45, 7) is 4.74. The number of aromatic nitrogens is 2. The van der Waals surface area contributed by atoms with Gasteiger partial charge in [-0.15, -0.1) is 0 Å². The molecule has 3 rings (SSSR count). The molecule has 0 bridgehead atoms. The first-order chi connectivity index (χ1) is 9.75. The minimum absolute atomic E-state index is 0.0904. The topological polar surface area (TPSA) is 39.1 Å². The molecule has 1 unspecified atom stereocenters. The van der Waals surface area contributed by atoms with Crippen LogP contribution in [0.2, 0.25) is 0 Å². The van der Waals surface area contributed by atoms with Crippen molar-refractivity contribution in [1.82, 2.24) is 15.1 Å². The lowest BCUT2D eigenvalue weighted by atomic mass is 9.95. The zero-order chi connectivity index (χ0) is 13.8. The van der Waals surface area contributed by atoms with Crippen molar-refractivity contribution in [3.05, 3.63) is 48.3 Å². The number of hydrogen-bond acceptors (Lipinski definition) is 3. The summed E-state index contributed by atoms with van der Waals surface area (Å²) in [5.41, 5.74) is 2.37. The fraction of sp³-hybridized carbons (Fsp3) is 0.438. The molecule has 1 aliphatic heterocycles. The highest BCUT2D eigenvalue weighted by molar-refractivity contribution is 5.30. The maximum atomic E-state index is 5.56. The molecule has 1 aromatic heterocycles. The third kappa shape index (κ3) is 3.08. The molecule has 0 amide bonds. The second-order valence-corrected chi connectivity index (χ2v) is 5.70. The molecule has 2 aromatic rings.